The second-order valence-corrected chi connectivity index (χ2v) is 7.35. The molecule has 2 aliphatic carbocycles. The molecule has 0 aromatic heterocycles. The molecule has 0 heterocycles. The number of aldehydes is 1. The lowest BCUT2D eigenvalue weighted by Gasteiger charge is -2.57. The standard InChI is InChI=1S/C15H23ClO2/c1-14(2)12-5-4-10(6-7-17)8-15(12,3)9-11(18)13(14)16/h6-7,11-13,18H,4-5,8-9H2,1-3H3/b10-6+/t11-,12-,13-,15-/m0/s1. The number of allylic oxidation sites excluding steroid dienone is 2. The Morgan fingerprint density at radius 2 is 2.06 bits per heavy atom. The van der Waals surface area contributed by atoms with Crippen molar-refractivity contribution in [3.63, 3.8) is 0 Å². The number of rotatable bonds is 1. The van der Waals surface area contributed by atoms with E-state index < -0.39 is 6.10 Å². The number of hydrogen-bond donors (Lipinski definition) is 1. The zero-order valence-corrected chi connectivity index (χ0v) is 12.2. The van der Waals surface area contributed by atoms with Crippen LogP contribution in [0.2, 0.25) is 0 Å². The van der Waals surface area contributed by atoms with Crippen molar-refractivity contribution in [2.45, 2.75) is 57.9 Å². The van der Waals surface area contributed by atoms with Crippen molar-refractivity contribution in [3.05, 3.63) is 11.6 Å². The third-order valence-electron chi connectivity index (χ3n) is 5.15. The SMILES string of the molecule is CC1(C)[C@@H](Cl)[C@@H](O)C[C@]2(C)C/C(=C/C=O)CC[C@@H]12. The summed E-state index contributed by atoms with van der Waals surface area (Å²) in [5.41, 5.74) is 1.24. The van der Waals surface area contributed by atoms with Crippen LogP contribution in [0.4, 0.5) is 0 Å². The van der Waals surface area contributed by atoms with E-state index in [1.165, 1.54) is 5.57 Å². The van der Waals surface area contributed by atoms with Crippen molar-refractivity contribution >= 4 is 17.9 Å². The van der Waals surface area contributed by atoms with Crippen LogP contribution in [0.3, 0.4) is 0 Å². The fraction of sp³-hybridized carbons (Fsp3) is 0.800. The average molecular weight is 271 g/mol. The van der Waals surface area contributed by atoms with Crippen LogP contribution in [0.15, 0.2) is 11.6 Å². The van der Waals surface area contributed by atoms with Gasteiger partial charge in [0, 0.05) is 0 Å². The topological polar surface area (TPSA) is 37.3 Å². The van der Waals surface area contributed by atoms with Crippen LogP contribution in [0, 0.1) is 16.7 Å². The van der Waals surface area contributed by atoms with Crippen molar-refractivity contribution < 1.29 is 9.90 Å². The number of halogens is 1. The van der Waals surface area contributed by atoms with E-state index in [2.05, 4.69) is 20.8 Å². The number of carbonyl (C=O) groups is 1. The molecule has 0 amide bonds. The van der Waals surface area contributed by atoms with E-state index in [9.17, 15) is 9.90 Å². The second kappa shape index (κ2) is 4.64. The third kappa shape index (κ3) is 2.14. The Morgan fingerprint density at radius 1 is 1.39 bits per heavy atom. The fourth-order valence-electron chi connectivity index (χ4n) is 4.40. The molecule has 0 saturated heterocycles. The summed E-state index contributed by atoms with van der Waals surface area (Å²) in [6, 6.07) is 0. The van der Waals surface area contributed by atoms with Crippen molar-refractivity contribution in [2.75, 3.05) is 0 Å². The first-order valence-electron chi connectivity index (χ1n) is 6.76. The molecule has 3 heteroatoms. The summed E-state index contributed by atoms with van der Waals surface area (Å²) in [6.07, 6.45) is 5.85. The number of fused-ring (bicyclic) bond motifs is 1. The lowest BCUT2D eigenvalue weighted by molar-refractivity contribution is -0.104. The molecule has 18 heavy (non-hydrogen) atoms. The van der Waals surface area contributed by atoms with Gasteiger partial charge in [-0.2, -0.15) is 0 Å². The molecule has 0 aliphatic heterocycles. The highest BCUT2D eigenvalue weighted by molar-refractivity contribution is 6.21. The fourth-order valence-corrected chi connectivity index (χ4v) is 4.64. The summed E-state index contributed by atoms with van der Waals surface area (Å²) in [4.78, 5) is 10.6. The van der Waals surface area contributed by atoms with E-state index in [0.717, 1.165) is 32.0 Å². The summed E-state index contributed by atoms with van der Waals surface area (Å²) >= 11 is 6.42. The minimum Gasteiger partial charge on any atom is -0.392 e. The van der Waals surface area contributed by atoms with E-state index in [0.29, 0.717) is 5.92 Å². The molecule has 4 atom stereocenters. The van der Waals surface area contributed by atoms with E-state index in [-0.39, 0.29) is 16.2 Å². The summed E-state index contributed by atoms with van der Waals surface area (Å²) in [5, 5.41) is 10.0. The maximum atomic E-state index is 10.6. The van der Waals surface area contributed by atoms with Crippen LogP contribution >= 0.6 is 11.6 Å². The van der Waals surface area contributed by atoms with Gasteiger partial charge in [-0.05, 0) is 48.5 Å². The Bertz CT molecular complexity index is 375. The molecule has 0 aromatic carbocycles. The quantitative estimate of drug-likeness (QED) is 0.451. The van der Waals surface area contributed by atoms with Gasteiger partial charge in [0.15, 0.2) is 0 Å². The molecule has 102 valence electrons. The van der Waals surface area contributed by atoms with Crippen LogP contribution in [0.1, 0.15) is 46.5 Å². The van der Waals surface area contributed by atoms with Gasteiger partial charge in [0.2, 0.25) is 0 Å². The molecule has 0 bridgehead atoms. The lowest BCUT2D eigenvalue weighted by Crippen LogP contribution is -2.55. The van der Waals surface area contributed by atoms with E-state index in [1.807, 2.05) is 0 Å². The highest BCUT2D eigenvalue weighted by Gasteiger charge is 2.55. The minimum absolute atomic E-state index is 0.0549. The summed E-state index contributed by atoms with van der Waals surface area (Å²) < 4.78 is 0. The van der Waals surface area contributed by atoms with Crippen LogP contribution in [-0.4, -0.2) is 22.9 Å². The Hall–Kier alpha value is -0.340. The maximum Gasteiger partial charge on any atom is 0.142 e. The van der Waals surface area contributed by atoms with E-state index >= 15 is 0 Å². The van der Waals surface area contributed by atoms with Gasteiger partial charge in [-0.25, -0.2) is 0 Å². The summed E-state index contributed by atoms with van der Waals surface area (Å²) in [6.45, 7) is 6.58. The first kappa shape index (κ1) is 14.1. The monoisotopic (exact) mass is 270 g/mol. The molecule has 0 unspecified atom stereocenters. The van der Waals surface area contributed by atoms with Gasteiger partial charge < -0.3 is 5.11 Å². The van der Waals surface area contributed by atoms with Crippen LogP contribution in [0.5, 0.6) is 0 Å². The van der Waals surface area contributed by atoms with Gasteiger partial charge in [0.25, 0.3) is 0 Å². The highest BCUT2D eigenvalue weighted by atomic mass is 35.5. The molecule has 1 N–H and O–H groups in total. The largest absolute Gasteiger partial charge is 0.392 e. The van der Waals surface area contributed by atoms with Gasteiger partial charge in [-0.1, -0.05) is 26.3 Å². The van der Waals surface area contributed by atoms with Crippen LogP contribution in [0.25, 0.3) is 0 Å². The first-order chi connectivity index (χ1) is 8.31. The normalized spacial score (nSPS) is 45.6. The molecule has 2 aliphatic rings. The molecular weight excluding hydrogens is 248 g/mol. The molecule has 0 spiro atoms. The molecule has 2 saturated carbocycles. The number of alkyl halides is 1. The zero-order chi connectivity index (χ0) is 13.6. The van der Waals surface area contributed by atoms with Crippen molar-refractivity contribution in [1.82, 2.24) is 0 Å². The number of carbonyl (C=O) groups excluding carboxylic acids is 1. The molecule has 2 nitrogen and oxygen atoms in total. The lowest BCUT2D eigenvalue weighted by atomic mass is 9.50. The van der Waals surface area contributed by atoms with Crippen LogP contribution < -0.4 is 0 Å². The van der Waals surface area contributed by atoms with Gasteiger partial charge in [0.1, 0.15) is 6.29 Å². The minimum atomic E-state index is -0.446. The average Bonchev–Trinajstić information content (AvgIpc) is 2.26. The molecule has 2 fully saturated rings. The Balaban J connectivity index is 2.31. The third-order valence-corrected chi connectivity index (χ3v) is 6.01. The molecule has 2 rings (SSSR count). The van der Waals surface area contributed by atoms with Gasteiger partial charge in [-0.3, -0.25) is 4.79 Å². The van der Waals surface area contributed by atoms with Crippen molar-refractivity contribution in [3.8, 4) is 0 Å². The Labute approximate surface area is 114 Å². The summed E-state index contributed by atoms with van der Waals surface area (Å²) in [7, 11) is 0. The number of aliphatic hydroxyl groups excluding tert-OH is 1. The van der Waals surface area contributed by atoms with Crippen molar-refractivity contribution in [1.29, 1.82) is 0 Å². The van der Waals surface area contributed by atoms with E-state index in [1.54, 1.807) is 6.08 Å². The summed E-state index contributed by atoms with van der Waals surface area (Å²) in [5.74, 6) is 0.514. The molecule has 0 aromatic rings. The molecule has 0 radical (unpaired) electrons. The Morgan fingerprint density at radius 3 is 2.67 bits per heavy atom. The van der Waals surface area contributed by atoms with Gasteiger partial charge >= 0.3 is 0 Å². The van der Waals surface area contributed by atoms with E-state index in [4.69, 9.17) is 11.6 Å². The number of hydrogen-bond acceptors (Lipinski definition) is 2. The second-order valence-electron chi connectivity index (χ2n) is 6.88. The first-order valence-corrected chi connectivity index (χ1v) is 7.20. The predicted octanol–water partition coefficient (Wildman–Crippen LogP) is 3.32. The number of aliphatic hydroxyl groups is 1. The highest BCUT2D eigenvalue weighted by Crippen LogP contribution is 2.59. The van der Waals surface area contributed by atoms with Gasteiger partial charge in [-0.15, -0.1) is 11.6 Å². The maximum absolute atomic E-state index is 10.6. The zero-order valence-electron chi connectivity index (χ0n) is 11.4. The van der Waals surface area contributed by atoms with Crippen molar-refractivity contribution in [2.24, 2.45) is 16.7 Å². The predicted molar refractivity (Wildman–Crippen MR) is 73.6 cm³/mol. The Kier molecular flexibility index (Phi) is 3.63. The smallest absolute Gasteiger partial charge is 0.142 e. The molecular formula is C15H23ClO2. The van der Waals surface area contributed by atoms with Crippen LogP contribution in [-0.2, 0) is 4.79 Å². The van der Waals surface area contributed by atoms with Gasteiger partial charge in [0.05, 0.1) is 11.5 Å².